The Morgan fingerprint density at radius 3 is 2.40 bits per heavy atom. The fourth-order valence-electron chi connectivity index (χ4n) is 2.05. The third-order valence-corrected chi connectivity index (χ3v) is 4.05. The number of benzene rings is 2. The number of nitrogens with zero attached hydrogens (tertiary/aromatic N) is 1. The molecule has 0 atom stereocenters. The Hall–Kier alpha value is -2.48. The maximum absolute atomic E-state index is 12.2. The van der Waals surface area contributed by atoms with E-state index in [4.69, 9.17) is 23.2 Å². The van der Waals surface area contributed by atoms with E-state index in [0.717, 1.165) is 5.69 Å². The first kappa shape index (κ1) is 18.9. The van der Waals surface area contributed by atoms with Crippen LogP contribution >= 0.6 is 23.2 Å². The molecule has 2 rings (SSSR count). The van der Waals surface area contributed by atoms with E-state index < -0.39 is 5.91 Å². The van der Waals surface area contributed by atoms with Gasteiger partial charge in [-0.25, -0.2) is 0 Å². The summed E-state index contributed by atoms with van der Waals surface area (Å²) in [6.07, 6.45) is 1.36. The zero-order valence-electron chi connectivity index (χ0n) is 13.8. The van der Waals surface area contributed by atoms with Crippen molar-refractivity contribution in [3.05, 3.63) is 69.8 Å². The van der Waals surface area contributed by atoms with Gasteiger partial charge in [-0.2, -0.15) is 5.26 Å². The number of anilines is 2. The van der Waals surface area contributed by atoms with Gasteiger partial charge in [0.25, 0.3) is 5.91 Å². The Kier molecular flexibility index (Phi) is 6.46. The fourth-order valence-corrected chi connectivity index (χ4v) is 2.50. The van der Waals surface area contributed by atoms with Crippen LogP contribution in [0.4, 0.5) is 11.4 Å². The molecular weight excluding hydrogens is 357 g/mol. The molecular formula is C19H17Cl2N3O. The van der Waals surface area contributed by atoms with Crippen molar-refractivity contribution in [3.63, 3.8) is 0 Å². The summed E-state index contributed by atoms with van der Waals surface area (Å²) in [5.41, 5.74) is 2.32. The quantitative estimate of drug-likeness (QED) is 0.531. The molecule has 0 spiro atoms. The van der Waals surface area contributed by atoms with E-state index in [1.165, 1.54) is 17.8 Å². The Labute approximate surface area is 157 Å². The molecule has 0 fully saturated rings. The van der Waals surface area contributed by atoms with Gasteiger partial charge >= 0.3 is 0 Å². The van der Waals surface area contributed by atoms with Gasteiger partial charge in [0, 0.05) is 16.9 Å². The van der Waals surface area contributed by atoms with E-state index in [2.05, 4.69) is 24.5 Å². The van der Waals surface area contributed by atoms with Gasteiger partial charge in [-0.3, -0.25) is 4.79 Å². The van der Waals surface area contributed by atoms with Gasteiger partial charge in [0.2, 0.25) is 0 Å². The number of halogens is 2. The van der Waals surface area contributed by atoms with Gasteiger partial charge in [-0.1, -0.05) is 49.2 Å². The number of carbonyl (C=O) groups is 1. The molecule has 1 amide bonds. The molecule has 0 saturated heterocycles. The van der Waals surface area contributed by atoms with Crippen molar-refractivity contribution < 1.29 is 4.79 Å². The molecule has 0 bridgehead atoms. The summed E-state index contributed by atoms with van der Waals surface area (Å²) in [6.45, 7) is 4.23. The summed E-state index contributed by atoms with van der Waals surface area (Å²) < 4.78 is 0. The van der Waals surface area contributed by atoms with Gasteiger partial charge in [-0.15, -0.1) is 0 Å². The van der Waals surface area contributed by atoms with E-state index in [-0.39, 0.29) is 5.57 Å². The van der Waals surface area contributed by atoms with Crippen LogP contribution in [0.15, 0.2) is 54.2 Å². The number of amides is 1. The van der Waals surface area contributed by atoms with Crippen LogP contribution in [0.2, 0.25) is 10.0 Å². The number of carbonyl (C=O) groups excluding carboxylic acids is 1. The second-order valence-electron chi connectivity index (χ2n) is 5.67. The minimum absolute atomic E-state index is 0.0704. The smallest absolute Gasteiger partial charge is 0.267 e. The molecule has 0 radical (unpaired) electrons. The third-order valence-electron chi connectivity index (χ3n) is 3.50. The Bertz CT molecular complexity index is 837. The molecule has 0 aromatic heterocycles. The summed E-state index contributed by atoms with van der Waals surface area (Å²) in [7, 11) is 0. The van der Waals surface area contributed by atoms with Crippen molar-refractivity contribution in [2.24, 2.45) is 0 Å². The highest BCUT2D eigenvalue weighted by atomic mass is 35.5. The normalized spacial score (nSPS) is 11.1. The second-order valence-corrected chi connectivity index (χ2v) is 6.51. The lowest BCUT2D eigenvalue weighted by atomic mass is 10.0. The monoisotopic (exact) mass is 373 g/mol. The Balaban J connectivity index is 2.08. The summed E-state index contributed by atoms with van der Waals surface area (Å²) in [6, 6.07) is 14.4. The van der Waals surface area contributed by atoms with Gasteiger partial charge in [0.05, 0.1) is 10.7 Å². The van der Waals surface area contributed by atoms with Crippen molar-refractivity contribution in [2.75, 3.05) is 10.6 Å². The van der Waals surface area contributed by atoms with Crippen LogP contribution in [0.3, 0.4) is 0 Å². The lowest BCUT2D eigenvalue weighted by Crippen LogP contribution is -2.14. The number of hydrogen-bond donors (Lipinski definition) is 2. The van der Waals surface area contributed by atoms with Crippen LogP contribution < -0.4 is 10.6 Å². The van der Waals surface area contributed by atoms with Gasteiger partial charge in [-0.05, 0) is 41.8 Å². The average Bonchev–Trinajstić information content (AvgIpc) is 2.58. The topological polar surface area (TPSA) is 64.9 Å². The first-order chi connectivity index (χ1) is 11.9. The van der Waals surface area contributed by atoms with Crippen LogP contribution in [-0.4, -0.2) is 5.91 Å². The minimum atomic E-state index is -0.557. The number of nitriles is 1. The van der Waals surface area contributed by atoms with Crippen LogP contribution in [0.25, 0.3) is 0 Å². The highest BCUT2D eigenvalue weighted by molar-refractivity contribution is 6.36. The highest BCUT2D eigenvalue weighted by Crippen LogP contribution is 2.25. The van der Waals surface area contributed by atoms with Crippen molar-refractivity contribution in [1.82, 2.24) is 0 Å². The van der Waals surface area contributed by atoms with E-state index in [9.17, 15) is 10.1 Å². The second kappa shape index (κ2) is 8.57. The molecule has 2 aromatic carbocycles. The average molecular weight is 374 g/mol. The molecule has 128 valence electrons. The molecule has 0 aliphatic heterocycles. The maximum atomic E-state index is 12.2. The first-order valence-electron chi connectivity index (χ1n) is 7.64. The zero-order chi connectivity index (χ0) is 18.4. The van der Waals surface area contributed by atoms with Crippen molar-refractivity contribution >= 4 is 40.5 Å². The van der Waals surface area contributed by atoms with E-state index in [1.807, 2.05) is 30.3 Å². The van der Waals surface area contributed by atoms with E-state index in [1.54, 1.807) is 12.1 Å². The Morgan fingerprint density at radius 2 is 1.84 bits per heavy atom. The SMILES string of the molecule is CC(C)c1ccc(N/C=C(/C#N)C(=O)Nc2ccc(Cl)cc2Cl)cc1. The Morgan fingerprint density at radius 1 is 1.16 bits per heavy atom. The van der Waals surface area contributed by atoms with Crippen molar-refractivity contribution in [3.8, 4) is 6.07 Å². The predicted octanol–water partition coefficient (Wildman–Crippen LogP) is 5.57. The molecule has 0 aliphatic carbocycles. The van der Waals surface area contributed by atoms with Crippen molar-refractivity contribution in [2.45, 2.75) is 19.8 Å². The van der Waals surface area contributed by atoms with Crippen molar-refractivity contribution in [1.29, 1.82) is 5.26 Å². The summed E-state index contributed by atoms with van der Waals surface area (Å²) >= 11 is 11.8. The molecule has 0 unspecified atom stereocenters. The molecule has 6 heteroatoms. The molecule has 25 heavy (non-hydrogen) atoms. The standard InChI is InChI=1S/C19H17Cl2N3O/c1-12(2)13-3-6-16(7-4-13)23-11-14(10-22)19(25)24-18-8-5-15(20)9-17(18)21/h3-9,11-12,23H,1-2H3,(H,24,25)/b14-11-. The number of hydrogen-bond acceptors (Lipinski definition) is 3. The summed E-state index contributed by atoms with van der Waals surface area (Å²) in [5, 5.41) is 15.5. The molecule has 4 nitrogen and oxygen atoms in total. The molecule has 0 aliphatic rings. The predicted molar refractivity (Wildman–Crippen MR) is 103 cm³/mol. The van der Waals surface area contributed by atoms with Gasteiger partial charge in [0.15, 0.2) is 0 Å². The summed E-state index contributed by atoms with van der Waals surface area (Å²) in [4.78, 5) is 12.2. The van der Waals surface area contributed by atoms with Crippen LogP contribution in [0, 0.1) is 11.3 Å². The zero-order valence-corrected chi connectivity index (χ0v) is 15.3. The van der Waals surface area contributed by atoms with Crippen LogP contribution in [0.1, 0.15) is 25.3 Å². The summed E-state index contributed by atoms with van der Waals surface area (Å²) in [5.74, 6) is -0.118. The molecule has 0 saturated carbocycles. The van der Waals surface area contributed by atoms with E-state index >= 15 is 0 Å². The first-order valence-corrected chi connectivity index (χ1v) is 8.39. The third kappa shape index (κ3) is 5.25. The largest absolute Gasteiger partial charge is 0.360 e. The highest BCUT2D eigenvalue weighted by Gasteiger charge is 2.11. The molecule has 2 N–H and O–H groups in total. The number of nitrogens with one attached hydrogen (secondary N) is 2. The van der Waals surface area contributed by atoms with Gasteiger partial charge in [0.1, 0.15) is 11.6 Å². The fraction of sp³-hybridized carbons (Fsp3) is 0.158. The maximum Gasteiger partial charge on any atom is 0.267 e. The lowest BCUT2D eigenvalue weighted by Gasteiger charge is -2.08. The lowest BCUT2D eigenvalue weighted by molar-refractivity contribution is -0.112. The number of rotatable bonds is 5. The van der Waals surface area contributed by atoms with Crippen LogP contribution in [0.5, 0.6) is 0 Å². The molecule has 2 aromatic rings. The van der Waals surface area contributed by atoms with Gasteiger partial charge < -0.3 is 10.6 Å². The van der Waals surface area contributed by atoms with Crippen LogP contribution in [-0.2, 0) is 4.79 Å². The molecule has 0 heterocycles. The minimum Gasteiger partial charge on any atom is -0.360 e. The van der Waals surface area contributed by atoms with E-state index in [0.29, 0.717) is 21.7 Å².